The fraction of sp³-hybridized carbons (Fsp3) is 0.846. The molecule has 0 aliphatic carbocycles. The van der Waals surface area contributed by atoms with Gasteiger partial charge in [0.15, 0.2) is 0 Å². The molecule has 18 heavy (non-hydrogen) atoms. The topological polar surface area (TPSA) is 49.6 Å². The zero-order valence-electron chi connectivity index (χ0n) is 11.7. The van der Waals surface area contributed by atoms with Crippen LogP contribution in [0, 0.1) is 5.41 Å². The quantitative estimate of drug-likeness (QED) is 0.765. The highest BCUT2D eigenvalue weighted by molar-refractivity contribution is 7.80. The summed E-state index contributed by atoms with van der Waals surface area (Å²) in [4.78, 5) is 16.4. The molecule has 0 spiro atoms. The van der Waals surface area contributed by atoms with Crippen LogP contribution in [0.3, 0.4) is 0 Å². The molecule has 104 valence electrons. The number of piperidine rings is 1. The largest absolute Gasteiger partial charge is 0.393 e. The minimum absolute atomic E-state index is 0.158. The van der Waals surface area contributed by atoms with Crippen molar-refractivity contribution < 1.29 is 4.79 Å². The predicted octanol–water partition coefficient (Wildman–Crippen LogP) is 1.24. The van der Waals surface area contributed by atoms with Crippen LogP contribution in [0.4, 0.5) is 0 Å². The second-order valence-electron chi connectivity index (χ2n) is 5.97. The number of carbonyl (C=O) groups is 1. The molecule has 1 saturated heterocycles. The Labute approximate surface area is 115 Å². The van der Waals surface area contributed by atoms with Gasteiger partial charge in [-0.1, -0.05) is 26.1 Å². The number of hydrogen-bond donors (Lipinski definition) is 1. The van der Waals surface area contributed by atoms with Crippen LogP contribution in [0.2, 0.25) is 0 Å². The van der Waals surface area contributed by atoms with E-state index in [1.54, 1.807) is 4.90 Å². The van der Waals surface area contributed by atoms with Gasteiger partial charge >= 0.3 is 0 Å². The molecule has 2 N–H and O–H groups in total. The van der Waals surface area contributed by atoms with Crippen LogP contribution in [0.15, 0.2) is 0 Å². The number of nitrogens with two attached hydrogens (primary N) is 1. The van der Waals surface area contributed by atoms with Gasteiger partial charge in [0.05, 0.1) is 11.5 Å². The first-order valence-electron chi connectivity index (χ1n) is 6.55. The molecule has 1 rings (SSSR count). The normalized spacial score (nSPS) is 19.5. The number of likely N-dealkylation sites (N-methyl/N-ethyl adjacent to an activating group) is 1. The smallest absolute Gasteiger partial charge is 0.236 e. The van der Waals surface area contributed by atoms with Gasteiger partial charge in [0.2, 0.25) is 5.91 Å². The number of hydrogen-bond acceptors (Lipinski definition) is 3. The molecule has 5 heteroatoms. The van der Waals surface area contributed by atoms with E-state index in [2.05, 4.69) is 18.7 Å². The molecule has 1 fully saturated rings. The van der Waals surface area contributed by atoms with Crippen LogP contribution in [-0.2, 0) is 4.79 Å². The molecular formula is C13H25N3OS. The summed E-state index contributed by atoms with van der Waals surface area (Å²) in [7, 11) is 1.81. The second-order valence-corrected chi connectivity index (χ2v) is 6.50. The van der Waals surface area contributed by atoms with Crippen molar-refractivity contribution in [1.82, 2.24) is 9.80 Å². The van der Waals surface area contributed by atoms with Crippen molar-refractivity contribution in [2.45, 2.75) is 33.1 Å². The zero-order valence-corrected chi connectivity index (χ0v) is 12.6. The lowest BCUT2D eigenvalue weighted by atomic mass is 9.83. The van der Waals surface area contributed by atoms with Crippen molar-refractivity contribution in [2.24, 2.45) is 11.1 Å². The molecule has 0 unspecified atom stereocenters. The van der Waals surface area contributed by atoms with Crippen molar-refractivity contribution in [2.75, 3.05) is 33.2 Å². The second kappa shape index (κ2) is 6.48. The van der Waals surface area contributed by atoms with Crippen LogP contribution in [0.1, 0.15) is 33.1 Å². The van der Waals surface area contributed by atoms with E-state index < -0.39 is 0 Å². The summed E-state index contributed by atoms with van der Waals surface area (Å²) in [6, 6.07) is 0. The van der Waals surface area contributed by atoms with Crippen LogP contribution in [0.25, 0.3) is 0 Å². The molecule has 0 aromatic heterocycles. The van der Waals surface area contributed by atoms with E-state index in [0.717, 1.165) is 25.9 Å². The summed E-state index contributed by atoms with van der Waals surface area (Å²) in [6.45, 7) is 7.75. The Balaban J connectivity index is 2.30. The van der Waals surface area contributed by atoms with E-state index in [1.165, 1.54) is 0 Å². The van der Waals surface area contributed by atoms with E-state index in [9.17, 15) is 4.79 Å². The SMILES string of the molecule is CN(CCC(N)=S)C(=O)CN1CCC(C)(C)CC1. The monoisotopic (exact) mass is 271 g/mol. The number of carbonyl (C=O) groups excluding carboxylic acids is 1. The third-order valence-electron chi connectivity index (χ3n) is 3.69. The van der Waals surface area contributed by atoms with Crippen molar-refractivity contribution in [3.05, 3.63) is 0 Å². The Morgan fingerprint density at radius 3 is 2.44 bits per heavy atom. The highest BCUT2D eigenvalue weighted by Gasteiger charge is 2.26. The minimum atomic E-state index is 0.158. The van der Waals surface area contributed by atoms with Crippen LogP contribution < -0.4 is 5.73 Å². The molecule has 1 aliphatic rings. The van der Waals surface area contributed by atoms with Gasteiger partial charge in [0, 0.05) is 20.0 Å². The molecule has 0 saturated carbocycles. The summed E-state index contributed by atoms with van der Waals surface area (Å²) < 4.78 is 0. The number of amides is 1. The summed E-state index contributed by atoms with van der Waals surface area (Å²) in [6.07, 6.45) is 2.93. The van der Waals surface area contributed by atoms with Gasteiger partial charge in [-0.15, -0.1) is 0 Å². The average molecular weight is 271 g/mol. The first-order chi connectivity index (χ1) is 8.30. The third-order valence-corrected chi connectivity index (χ3v) is 3.89. The lowest BCUT2D eigenvalue weighted by Gasteiger charge is -2.37. The van der Waals surface area contributed by atoms with E-state index in [4.69, 9.17) is 18.0 Å². The van der Waals surface area contributed by atoms with Crippen molar-refractivity contribution >= 4 is 23.1 Å². The molecule has 0 radical (unpaired) electrons. The van der Waals surface area contributed by atoms with E-state index >= 15 is 0 Å². The summed E-state index contributed by atoms with van der Waals surface area (Å²) in [5.41, 5.74) is 5.87. The van der Waals surface area contributed by atoms with Crippen molar-refractivity contribution in [3.63, 3.8) is 0 Å². The van der Waals surface area contributed by atoms with Gasteiger partial charge in [0.25, 0.3) is 0 Å². The fourth-order valence-electron chi connectivity index (χ4n) is 2.03. The summed E-state index contributed by atoms with van der Waals surface area (Å²) >= 11 is 4.82. The molecule has 1 aliphatic heterocycles. The maximum absolute atomic E-state index is 12.0. The maximum atomic E-state index is 12.0. The van der Waals surface area contributed by atoms with Gasteiger partial charge < -0.3 is 10.6 Å². The molecule has 1 amide bonds. The Bertz CT molecular complexity index is 307. The van der Waals surface area contributed by atoms with Crippen molar-refractivity contribution in [1.29, 1.82) is 0 Å². The summed E-state index contributed by atoms with van der Waals surface area (Å²) in [5.74, 6) is 0.158. The number of nitrogens with zero attached hydrogens (tertiary/aromatic N) is 2. The Hall–Kier alpha value is -0.680. The zero-order chi connectivity index (χ0) is 13.8. The van der Waals surface area contributed by atoms with Gasteiger partial charge in [-0.05, 0) is 31.3 Å². The maximum Gasteiger partial charge on any atom is 0.236 e. The Morgan fingerprint density at radius 1 is 1.39 bits per heavy atom. The predicted molar refractivity (Wildman–Crippen MR) is 78.5 cm³/mol. The fourth-order valence-corrected chi connectivity index (χ4v) is 2.12. The van der Waals surface area contributed by atoms with Crippen LogP contribution in [-0.4, -0.2) is 53.9 Å². The molecule has 0 atom stereocenters. The highest BCUT2D eigenvalue weighted by Crippen LogP contribution is 2.29. The van der Waals surface area contributed by atoms with E-state index in [-0.39, 0.29) is 5.91 Å². The molecular weight excluding hydrogens is 246 g/mol. The van der Waals surface area contributed by atoms with Crippen molar-refractivity contribution in [3.8, 4) is 0 Å². The minimum Gasteiger partial charge on any atom is -0.393 e. The first kappa shape index (κ1) is 15.4. The lowest BCUT2D eigenvalue weighted by Crippen LogP contribution is -2.44. The van der Waals surface area contributed by atoms with Crippen LogP contribution >= 0.6 is 12.2 Å². The van der Waals surface area contributed by atoms with E-state index in [1.807, 2.05) is 7.05 Å². The summed E-state index contributed by atoms with van der Waals surface area (Å²) in [5, 5.41) is 0. The first-order valence-corrected chi connectivity index (χ1v) is 6.96. The molecule has 0 bridgehead atoms. The molecule has 0 aromatic rings. The average Bonchev–Trinajstić information content (AvgIpc) is 2.28. The highest BCUT2D eigenvalue weighted by atomic mass is 32.1. The third kappa shape index (κ3) is 5.31. The lowest BCUT2D eigenvalue weighted by molar-refractivity contribution is -0.131. The number of rotatable bonds is 5. The molecule has 4 nitrogen and oxygen atoms in total. The van der Waals surface area contributed by atoms with E-state index in [0.29, 0.717) is 29.9 Å². The molecule has 1 heterocycles. The molecule has 0 aromatic carbocycles. The standard InChI is InChI=1S/C13H25N3OS/c1-13(2)5-8-16(9-6-13)10-12(17)15(3)7-4-11(14)18/h4-10H2,1-3H3,(H2,14,18). The number of thiocarbonyl (C=S) groups is 1. The van der Waals surface area contributed by atoms with Gasteiger partial charge in [-0.25, -0.2) is 0 Å². The Morgan fingerprint density at radius 2 is 1.94 bits per heavy atom. The van der Waals surface area contributed by atoms with Crippen LogP contribution in [0.5, 0.6) is 0 Å². The van der Waals surface area contributed by atoms with Gasteiger partial charge in [0.1, 0.15) is 0 Å². The van der Waals surface area contributed by atoms with Gasteiger partial charge in [-0.3, -0.25) is 9.69 Å². The number of likely N-dealkylation sites (tertiary alicyclic amines) is 1. The van der Waals surface area contributed by atoms with Gasteiger partial charge in [-0.2, -0.15) is 0 Å². The Kier molecular flexibility index (Phi) is 5.53.